The highest BCUT2D eigenvalue weighted by Gasteiger charge is 2.33. The lowest BCUT2D eigenvalue weighted by atomic mass is 9.96. The van der Waals surface area contributed by atoms with Crippen LogP contribution in [0.4, 0.5) is 0 Å². The summed E-state index contributed by atoms with van der Waals surface area (Å²) >= 11 is 0. The number of carbonyl (C=O) groups is 2. The summed E-state index contributed by atoms with van der Waals surface area (Å²) in [4.78, 5) is 24.0. The van der Waals surface area contributed by atoms with Gasteiger partial charge in [0.05, 0.1) is 16.0 Å². The molecular weight excluding hydrogens is 510 g/mol. The van der Waals surface area contributed by atoms with Crippen LogP contribution in [-0.2, 0) is 21.4 Å². The van der Waals surface area contributed by atoms with E-state index in [0.29, 0.717) is 35.0 Å². The molecule has 1 heterocycles. The molecule has 194 valence electrons. The van der Waals surface area contributed by atoms with Gasteiger partial charge in [-0.1, -0.05) is 30.3 Å². The molecule has 4 aromatic rings. The Morgan fingerprint density at radius 3 is 2.16 bits per heavy atom. The third-order valence-corrected chi connectivity index (χ3v) is 8.24. The fourth-order valence-corrected chi connectivity index (χ4v) is 5.40. The predicted molar refractivity (Wildman–Crippen MR) is 137 cm³/mol. The molecule has 1 saturated heterocycles. The fraction of sp³-hybridized carbons (Fsp3) is 0.143. The lowest BCUT2D eigenvalue weighted by molar-refractivity contribution is 0.0472. The molecule has 1 aliphatic rings. The Kier molecular flexibility index (Phi) is 6.62. The Bertz CT molecular complexity index is 1640. The quantitative estimate of drug-likeness (QED) is 0.230. The van der Waals surface area contributed by atoms with E-state index in [-0.39, 0.29) is 33.9 Å². The van der Waals surface area contributed by atoms with Crippen LogP contribution in [0.25, 0.3) is 10.8 Å². The number of aliphatic hydroxyl groups excluding tert-OH is 1. The first-order chi connectivity index (χ1) is 18.1. The average Bonchev–Trinajstić information content (AvgIpc) is 3.77. The van der Waals surface area contributed by atoms with Crippen LogP contribution >= 0.6 is 0 Å². The van der Waals surface area contributed by atoms with E-state index in [4.69, 9.17) is 9.84 Å². The molecule has 1 unspecified atom stereocenters. The summed E-state index contributed by atoms with van der Waals surface area (Å²) in [5, 5.41) is 31.6. The summed E-state index contributed by atoms with van der Waals surface area (Å²) in [5.74, 6) is -1.82. The number of aromatic hydroxyl groups is 1. The number of carbonyl (C=O) groups excluding carboxylic acids is 1. The van der Waals surface area contributed by atoms with Crippen LogP contribution in [0, 0.1) is 0 Å². The zero-order valence-electron chi connectivity index (χ0n) is 19.9. The number of carboxylic acid groups (broad SMARTS) is 1. The third-order valence-electron chi connectivity index (χ3n) is 6.33. The second kappa shape index (κ2) is 9.90. The summed E-state index contributed by atoms with van der Waals surface area (Å²) in [7, 11) is -3.45. The molecule has 0 aliphatic carbocycles. The Labute approximate surface area is 218 Å². The van der Waals surface area contributed by atoms with E-state index in [2.05, 4.69) is 0 Å². The van der Waals surface area contributed by atoms with Crippen molar-refractivity contribution in [2.75, 3.05) is 13.1 Å². The zero-order chi connectivity index (χ0) is 27.0. The molecule has 0 aromatic heterocycles. The van der Waals surface area contributed by atoms with Gasteiger partial charge in [-0.05, 0) is 70.4 Å². The van der Waals surface area contributed by atoms with Crippen LogP contribution in [-0.4, -0.2) is 53.1 Å². The van der Waals surface area contributed by atoms with Crippen molar-refractivity contribution in [2.45, 2.75) is 17.6 Å². The molecule has 1 fully saturated rings. The van der Waals surface area contributed by atoms with Crippen LogP contribution in [0.5, 0.6) is 5.75 Å². The van der Waals surface area contributed by atoms with Gasteiger partial charge in [-0.25, -0.2) is 18.0 Å². The van der Waals surface area contributed by atoms with E-state index in [0.717, 1.165) is 0 Å². The van der Waals surface area contributed by atoms with Crippen molar-refractivity contribution in [1.82, 2.24) is 4.31 Å². The molecule has 0 radical (unpaired) electrons. The van der Waals surface area contributed by atoms with E-state index in [1.54, 1.807) is 36.4 Å². The number of aromatic carboxylic acids is 1. The molecule has 0 saturated carbocycles. The molecule has 5 rings (SSSR count). The molecule has 0 amide bonds. The number of ether oxygens (including phenoxy) is 1. The van der Waals surface area contributed by atoms with Crippen molar-refractivity contribution < 1.29 is 38.1 Å². The fourth-order valence-electron chi connectivity index (χ4n) is 4.06. The second-order valence-electron chi connectivity index (χ2n) is 8.93. The summed E-state index contributed by atoms with van der Waals surface area (Å²) < 4.78 is 31.3. The second-order valence-corrected chi connectivity index (χ2v) is 10.9. The standard InChI is InChI=1S/C28H23NO8S/c30-25-15-20-7-8-21(13-22(20)14-24(25)26(31)18-3-5-19(6-4-18)27(32)33)28(34)37-16-17-1-9-23(10-2-17)38(35,36)29-11-12-29/h1-10,13-15,26,30-31H,11-12,16H2,(H,32,33). The minimum Gasteiger partial charge on any atom is -0.508 e. The molecule has 4 aromatic carbocycles. The van der Waals surface area contributed by atoms with Crippen LogP contribution in [0.15, 0.2) is 83.8 Å². The summed E-state index contributed by atoms with van der Waals surface area (Å²) in [6, 6.07) is 19.7. The van der Waals surface area contributed by atoms with E-state index < -0.39 is 28.1 Å². The van der Waals surface area contributed by atoms with E-state index in [1.165, 1.54) is 46.8 Å². The number of esters is 1. The number of sulfonamides is 1. The zero-order valence-corrected chi connectivity index (χ0v) is 20.8. The molecule has 0 bridgehead atoms. The van der Waals surface area contributed by atoms with Crippen molar-refractivity contribution in [3.63, 3.8) is 0 Å². The Morgan fingerprint density at radius 1 is 0.868 bits per heavy atom. The number of phenols is 1. The lowest BCUT2D eigenvalue weighted by Gasteiger charge is -2.15. The third kappa shape index (κ3) is 5.10. The van der Waals surface area contributed by atoms with Gasteiger partial charge in [-0.3, -0.25) is 0 Å². The maximum absolute atomic E-state index is 12.7. The minimum atomic E-state index is -3.45. The molecule has 3 N–H and O–H groups in total. The topological polar surface area (TPSA) is 141 Å². The highest BCUT2D eigenvalue weighted by Crippen LogP contribution is 2.34. The number of hydrogen-bond donors (Lipinski definition) is 3. The van der Waals surface area contributed by atoms with Gasteiger partial charge in [0.1, 0.15) is 18.5 Å². The van der Waals surface area contributed by atoms with Crippen molar-refractivity contribution in [3.8, 4) is 5.75 Å². The number of aliphatic hydroxyl groups is 1. The van der Waals surface area contributed by atoms with Crippen LogP contribution in [0.1, 0.15) is 43.5 Å². The van der Waals surface area contributed by atoms with Crippen LogP contribution < -0.4 is 0 Å². The van der Waals surface area contributed by atoms with Crippen molar-refractivity contribution in [2.24, 2.45) is 0 Å². The number of benzene rings is 4. The summed E-state index contributed by atoms with van der Waals surface area (Å²) in [5.41, 5.74) is 1.56. The van der Waals surface area contributed by atoms with Gasteiger partial charge in [0.25, 0.3) is 0 Å². The normalized spacial score (nSPS) is 14.2. The molecular formula is C28H23NO8S. The SMILES string of the molecule is O=C(O)c1ccc(C(O)c2cc3cc(C(=O)OCc4ccc(S(=O)(=O)N5CC5)cc4)ccc3cc2O)cc1. The highest BCUT2D eigenvalue weighted by atomic mass is 32.2. The van der Waals surface area contributed by atoms with Gasteiger partial charge in [0, 0.05) is 18.7 Å². The summed E-state index contributed by atoms with van der Waals surface area (Å²) in [6.07, 6.45) is -1.22. The van der Waals surface area contributed by atoms with Crippen LogP contribution in [0.3, 0.4) is 0 Å². The van der Waals surface area contributed by atoms with E-state index in [9.17, 15) is 28.2 Å². The molecule has 38 heavy (non-hydrogen) atoms. The van der Waals surface area contributed by atoms with E-state index >= 15 is 0 Å². The highest BCUT2D eigenvalue weighted by molar-refractivity contribution is 7.89. The van der Waals surface area contributed by atoms with Gasteiger partial charge >= 0.3 is 11.9 Å². The number of rotatable bonds is 8. The first-order valence-corrected chi connectivity index (χ1v) is 13.1. The van der Waals surface area contributed by atoms with Gasteiger partial charge in [-0.2, -0.15) is 4.31 Å². The van der Waals surface area contributed by atoms with Gasteiger partial charge < -0.3 is 20.1 Å². The summed E-state index contributed by atoms with van der Waals surface area (Å²) in [6.45, 7) is 0.994. The average molecular weight is 534 g/mol. The van der Waals surface area contributed by atoms with Crippen LogP contribution in [0.2, 0.25) is 0 Å². The van der Waals surface area contributed by atoms with Crippen molar-refractivity contribution in [3.05, 3.63) is 107 Å². The molecule has 0 spiro atoms. The maximum atomic E-state index is 12.7. The minimum absolute atomic E-state index is 0.0488. The Morgan fingerprint density at radius 2 is 1.53 bits per heavy atom. The predicted octanol–water partition coefficient (Wildman–Crippen LogP) is 3.69. The Hall–Kier alpha value is -4.25. The van der Waals surface area contributed by atoms with Crippen molar-refractivity contribution in [1.29, 1.82) is 0 Å². The monoisotopic (exact) mass is 533 g/mol. The van der Waals surface area contributed by atoms with Crippen molar-refractivity contribution >= 4 is 32.7 Å². The Balaban J connectivity index is 1.32. The number of nitrogens with zero attached hydrogens (tertiary/aromatic N) is 1. The lowest BCUT2D eigenvalue weighted by Crippen LogP contribution is -2.11. The maximum Gasteiger partial charge on any atom is 0.338 e. The smallest absolute Gasteiger partial charge is 0.338 e. The number of carboxylic acids is 1. The van der Waals surface area contributed by atoms with E-state index in [1.807, 2.05) is 0 Å². The molecule has 1 atom stereocenters. The van der Waals surface area contributed by atoms with Gasteiger partial charge in [0.2, 0.25) is 10.0 Å². The largest absolute Gasteiger partial charge is 0.508 e. The molecule has 10 heteroatoms. The first kappa shape index (κ1) is 25.4. The molecule has 9 nitrogen and oxygen atoms in total. The van der Waals surface area contributed by atoms with Gasteiger partial charge in [0.15, 0.2) is 0 Å². The number of phenolic OH excluding ortho intramolecular Hbond substituents is 1. The number of fused-ring (bicyclic) bond motifs is 1. The first-order valence-electron chi connectivity index (χ1n) is 11.7. The van der Waals surface area contributed by atoms with Gasteiger partial charge in [-0.15, -0.1) is 0 Å². The molecule has 1 aliphatic heterocycles. The number of hydrogen-bond acceptors (Lipinski definition) is 7.